The van der Waals surface area contributed by atoms with E-state index in [9.17, 15) is 33.6 Å². The van der Waals surface area contributed by atoms with E-state index in [1.165, 1.54) is 26.0 Å². The molecule has 17 nitrogen and oxygen atoms in total. The van der Waals surface area contributed by atoms with Crippen LogP contribution in [0.15, 0.2) is 66.7 Å². The maximum atomic E-state index is 14.7. The molecular weight excluding hydrogens is 815 g/mol. The first kappa shape index (κ1) is 47.4. The predicted octanol–water partition coefficient (Wildman–Crippen LogP) is 4.63. The van der Waals surface area contributed by atoms with Crippen molar-refractivity contribution >= 4 is 41.7 Å². The van der Waals surface area contributed by atoms with Gasteiger partial charge in [-0.2, -0.15) is 0 Å². The van der Waals surface area contributed by atoms with Gasteiger partial charge >= 0.3 is 18.2 Å². The Balaban J connectivity index is 1.58. The summed E-state index contributed by atoms with van der Waals surface area (Å²) in [6, 6.07) is 14.0. The second-order valence-corrected chi connectivity index (χ2v) is 16.3. The van der Waals surface area contributed by atoms with Crippen LogP contribution in [0.25, 0.3) is 11.1 Å². The number of ketones is 1. The molecule has 2 heterocycles. The number of likely N-dealkylation sites (N-methyl/N-ethyl adjacent to an activating group) is 1. The summed E-state index contributed by atoms with van der Waals surface area (Å²) in [7, 11) is 2.58. The molecule has 0 unspecified atom stereocenters. The van der Waals surface area contributed by atoms with Crippen molar-refractivity contribution in [1.82, 2.24) is 25.8 Å². The topological polar surface area (TPSA) is 208 Å². The van der Waals surface area contributed by atoms with Crippen molar-refractivity contribution in [2.45, 2.75) is 96.7 Å². The van der Waals surface area contributed by atoms with Gasteiger partial charge in [0.1, 0.15) is 60.3 Å². The second kappa shape index (κ2) is 21.4. The van der Waals surface area contributed by atoms with E-state index in [1.807, 2.05) is 13.0 Å². The number of hydrogen-bond acceptors (Lipinski definition) is 12. The molecule has 2 aliphatic rings. The number of carbonyl (C=O) groups is 7. The summed E-state index contributed by atoms with van der Waals surface area (Å²) in [5, 5.41) is 8.05. The Hall–Kier alpha value is -6.65. The summed E-state index contributed by atoms with van der Waals surface area (Å²) < 4.78 is 28.4. The summed E-state index contributed by atoms with van der Waals surface area (Å²) in [5.41, 5.74) is 1.84. The lowest BCUT2D eigenvalue weighted by atomic mass is 9.93. The molecule has 0 aromatic heterocycles. The number of fused-ring (bicyclic) bond motifs is 5. The minimum Gasteiger partial charge on any atom is -0.493 e. The highest BCUT2D eigenvalue weighted by atomic mass is 16.6. The van der Waals surface area contributed by atoms with Gasteiger partial charge in [-0.05, 0) is 75.1 Å². The fraction of sp³-hybridized carbons (Fsp3) is 0.457. The number of likely N-dealkylation sites (tertiary alicyclic amines) is 1. The molecule has 0 radical (unpaired) electrons. The molecule has 2 aliphatic heterocycles. The Labute approximate surface area is 367 Å². The number of piperidine rings is 1. The van der Waals surface area contributed by atoms with Crippen LogP contribution in [0.1, 0.15) is 76.6 Å². The summed E-state index contributed by atoms with van der Waals surface area (Å²) >= 11 is 0. The number of methoxy groups -OCH3 is 1. The lowest BCUT2D eigenvalue weighted by molar-refractivity contribution is -0.147. The van der Waals surface area contributed by atoms with E-state index in [4.69, 9.17) is 23.7 Å². The number of nitrogens with one attached hydrogen (secondary N) is 3. The predicted molar refractivity (Wildman–Crippen MR) is 230 cm³/mol. The van der Waals surface area contributed by atoms with Gasteiger partial charge in [-0.25, -0.2) is 14.4 Å². The SMILES string of the molecule is CCCOc1ccc2cc1-c1cc(ccc1OCCNC(=O)OC(C)(C)C)C[C@@H](C(=O)OC)NC(=O)[C@H](C)NC(=O)[C@H]2N(C)C(=O)[C@@H]1CC(=O)CCN1C(=O)OCc1ccccc1. The van der Waals surface area contributed by atoms with E-state index in [-0.39, 0.29) is 51.3 Å². The highest BCUT2D eigenvalue weighted by Gasteiger charge is 2.42. The van der Waals surface area contributed by atoms with Gasteiger partial charge in [-0.1, -0.05) is 49.4 Å². The number of nitrogens with zero attached hydrogens (tertiary/aromatic N) is 2. The third-order valence-electron chi connectivity index (χ3n) is 10.3. The molecule has 1 fully saturated rings. The molecule has 338 valence electrons. The number of esters is 1. The molecule has 17 heteroatoms. The summed E-state index contributed by atoms with van der Waals surface area (Å²) in [4.78, 5) is 97.0. The number of carbonyl (C=O) groups excluding carboxylic acids is 7. The molecule has 5 rings (SSSR count). The van der Waals surface area contributed by atoms with Crippen LogP contribution in [-0.4, -0.2) is 116 Å². The summed E-state index contributed by atoms with van der Waals surface area (Å²) in [6.07, 6.45) is -1.05. The van der Waals surface area contributed by atoms with Crippen LogP contribution in [0.3, 0.4) is 0 Å². The monoisotopic (exact) mass is 871 g/mol. The van der Waals surface area contributed by atoms with Gasteiger partial charge < -0.3 is 44.5 Å². The van der Waals surface area contributed by atoms with Crippen LogP contribution in [0, 0.1) is 0 Å². The Morgan fingerprint density at radius 1 is 0.873 bits per heavy atom. The number of ether oxygens (including phenoxy) is 5. The van der Waals surface area contributed by atoms with E-state index in [0.717, 1.165) is 10.5 Å². The van der Waals surface area contributed by atoms with Crippen molar-refractivity contribution in [2.24, 2.45) is 0 Å². The van der Waals surface area contributed by atoms with Crippen LogP contribution in [0.4, 0.5) is 9.59 Å². The lowest BCUT2D eigenvalue weighted by Gasteiger charge is -2.38. The molecule has 4 atom stereocenters. The number of Topliss-reactive ketones (excluding diaryl/α,β-unsaturated/α-hetero) is 1. The zero-order chi connectivity index (χ0) is 45.8. The van der Waals surface area contributed by atoms with Gasteiger partial charge in [-0.15, -0.1) is 0 Å². The van der Waals surface area contributed by atoms with Gasteiger partial charge in [0.15, 0.2) is 0 Å². The Bertz CT molecular complexity index is 2160. The van der Waals surface area contributed by atoms with Crippen LogP contribution in [0.2, 0.25) is 0 Å². The molecule has 1 saturated heterocycles. The van der Waals surface area contributed by atoms with Crippen LogP contribution >= 0.6 is 0 Å². The van der Waals surface area contributed by atoms with Gasteiger partial charge in [0.2, 0.25) is 17.7 Å². The Morgan fingerprint density at radius 2 is 1.56 bits per heavy atom. The van der Waals surface area contributed by atoms with E-state index in [0.29, 0.717) is 46.8 Å². The van der Waals surface area contributed by atoms with Crippen molar-refractivity contribution in [3.8, 4) is 22.6 Å². The first-order chi connectivity index (χ1) is 30.0. The van der Waals surface area contributed by atoms with Crippen LogP contribution < -0.4 is 25.4 Å². The van der Waals surface area contributed by atoms with Gasteiger partial charge in [-0.3, -0.25) is 24.1 Å². The number of benzene rings is 3. The smallest absolute Gasteiger partial charge is 0.410 e. The Kier molecular flexibility index (Phi) is 16.1. The van der Waals surface area contributed by atoms with E-state index >= 15 is 0 Å². The first-order valence-electron chi connectivity index (χ1n) is 20.9. The van der Waals surface area contributed by atoms with Crippen molar-refractivity contribution in [3.05, 3.63) is 83.4 Å². The highest BCUT2D eigenvalue weighted by molar-refractivity contribution is 5.98. The lowest BCUT2D eigenvalue weighted by Crippen LogP contribution is -2.57. The molecular formula is C46H57N5O12. The molecule has 3 aromatic rings. The molecule has 5 amide bonds. The minimum atomic E-state index is -1.43. The third-order valence-corrected chi connectivity index (χ3v) is 10.3. The normalized spacial score (nSPS) is 19.0. The van der Waals surface area contributed by atoms with Crippen LogP contribution in [-0.2, 0) is 51.2 Å². The molecule has 3 N–H and O–H groups in total. The first-order valence-corrected chi connectivity index (χ1v) is 20.9. The third kappa shape index (κ3) is 12.7. The zero-order valence-corrected chi connectivity index (χ0v) is 36.8. The summed E-state index contributed by atoms with van der Waals surface area (Å²) in [5.74, 6) is -2.41. The zero-order valence-electron chi connectivity index (χ0n) is 36.8. The highest BCUT2D eigenvalue weighted by Crippen LogP contribution is 2.40. The molecule has 0 aliphatic carbocycles. The fourth-order valence-electron chi connectivity index (χ4n) is 7.14. The molecule has 0 spiro atoms. The fourth-order valence-corrected chi connectivity index (χ4v) is 7.14. The van der Waals surface area contributed by atoms with E-state index < -0.39 is 65.6 Å². The molecule has 3 aromatic carbocycles. The van der Waals surface area contributed by atoms with Crippen LogP contribution in [0.5, 0.6) is 11.5 Å². The standard InChI is InChI=1S/C46H57N5O12/c1-8-21-60-38-17-15-31-25-34(38)33-23-30(14-16-37(33)61-22-19-47-44(57)63-46(3,4)5)24-35(43(56)59-7)49-40(53)28(2)48-41(54)39(31)50(6)42(55)36-26-32(52)18-20-51(36)45(58)62-27-29-12-10-9-11-13-29/h9-17,23,25,28,35-36,39H,8,18-22,24,26-27H2,1-7H3,(H,47,57)(H,48,54)(H,49,53)/t28-,35-,36-,39-/m0/s1. The maximum absolute atomic E-state index is 14.7. The van der Waals surface area contributed by atoms with E-state index in [2.05, 4.69) is 16.0 Å². The number of hydrogen-bond donors (Lipinski definition) is 3. The largest absolute Gasteiger partial charge is 0.493 e. The van der Waals surface area contributed by atoms with Gasteiger partial charge in [0.05, 0.1) is 20.3 Å². The molecule has 4 bridgehead atoms. The Morgan fingerprint density at radius 3 is 2.24 bits per heavy atom. The number of rotatable bonds is 12. The van der Waals surface area contributed by atoms with Crippen molar-refractivity contribution in [3.63, 3.8) is 0 Å². The second-order valence-electron chi connectivity index (χ2n) is 16.3. The molecule has 0 saturated carbocycles. The van der Waals surface area contributed by atoms with Gasteiger partial charge in [0.25, 0.3) is 0 Å². The van der Waals surface area contributed by atoms with Crippen molar-refractivity contribution in [1.29, 1.82) is 0 Å². The van der Waals surface area contributed by atoms with Gasteiger partial charge in [0, 0.05) is 44.0 Å². The maximum Gasteiger partial charge on any atom is 0.410 e. The van der Waals surface area contributed by atoms with Crippen molar-refractivity contribution in [2.75, 3.05) is 40.5 Å². The number of amides is 5. The quantitative estimate of drug-likeness (QED) is 0.129. The number of alkyl carbamates (subject to hydrolysis) is 1. The molecule has 63 heavy (non-hydrogen) atoms. The minimum absolute atomic E-state index is 0.00164. The summed E-state index contributed by atoms with van der Waals surface area (Å²) in [6.45, 7) is 8.91. The average Bonchev–Trinajstić information content (AvgIpc) is 3.25. The van der Waals surface area contributed by atoms with Crippen molar-refractivity contribution < 1.29 is 57.2 Å². The van der Waals surface area contributed by atoms with E-state index in [1.54, 1.807) is 81.4 Å². The average molecular weight is 872 g/mol.